The van der Waals surface area contributed by atoms with Crippen LogP contribution in [0.15, 0.2) is 24.3 Å². The Morgan fingerprint density at radius 1 is 0.719 bits per heavy atom. The standard InChI is InChI=1S/C29H54O3/c1-3-4-5-6-7-8-9-10-11-13-16-19-22-25-28(30)26-23-20-17-14-12-15-18-21-24-27-29(31)32-2/h17,20,23,26,28,30H,3-16,18-19,21-22,24-25,27H2,1-2H3/b20-17+,26-23+/t28-/m0/s1. The van der Waals surface area contributed by atoms with Crippen LogP contribution < -0.4 is 0 Å². The molecule has 0 bridgehead atoms. The van der Waals surface area contributed by atoms with Gasteiger partial charge in [-0.05, 0) is 25.7 Å². The van der Waals surface area contributed by atoms with Crippen LogP contribution in [0.5, 0.6) is 0 Å². The van der Waals surface area contributed by atoms with Gasteiger partial charge in [0.05, 0.1) is 13.2 Å². The Labute approximate surface area is 200 Å². The predicted molar refractivity (Wildman–Crippen MR) is 139 cm³/mol. The van der Waals surface area contributed by atoms with Crippen molar-refractivity contribution in [3.8, 4) is 0 Å². The Balaban J connectivity index is 3.34. The van der Waals surface area contributed by atoms with E-state index in [1.54, 1.807) is 0 Å². The highest BCUT2D eigenvalue weighted by molar-refractivity contribution is 5.68. The number of rotatable bonds is 24. The van der Waals surface area contributed by atoms with Gasteiger partial charge in [-0.1, -0.05) is 134 Å². The molecule has 0 aliphatic heterocycles. The molecule has 3 heteroatoms. The van der Waals surface area contributed by atoms with Gasteiger partial charge in [-0.15, -0.1) is 0 Å². The smallest absolute Gasteiger partial charge is 0.305 e. The molecule has 1 N–H and O–H groups in total. The second-order valence-electron chi connectivity index (χ2n) is 9.29. The van der Waals surface area contributed by atoms with Crippen molar-refractivity contribution in [3.05, 3.63) is 24.3 Å². The highest BCUT2D eigenvalue weighted by Gasteiger charge is 2.00. The first-order valence-corrected chi connectivity index (χ1v) is 13.8. The van der Waals surface area contributed by atoms with Crippen molar-refractivity contribution >= 4 is 5.97 Å². The lowest BCUT2D eigenvalue weighted by Gasteiger charge is -2.05. The molecule has 0 aromatic carbocycles. The molecule has 3 nitrogen and oxygen atoms in total. The zero-order valence-electron chi connectivity index (χ0n) is 21.5. The van der Waals surface area contributed by atoms with E-state index in [-0.39, 0.29) is 12.1 Å². The van der Waals surface area contributed by atoms with Crippen molar-refractivity contribution in [1.82, 2.24) is 0 Å². The fourth-order valence-electron chi connectivity index (χ4n) is 4.00. The van der Waals surface area contributed by atoms with Crippen molar-refractivity contribution in [2.24, 2.45) is 0 Å². The van der Waals surface area contributed by atoms with E-state index in [4.69, 9.17) is 0 Å². The molecule has 0 heterocycles. The van der Waals surface area contributed by atoms with Crippen LogP contribution in [0.4, 0.5) is 0 Å². The maximum atomic E-state index is 11.0. The number of carbonyl (C=O) groups is 1. The van der Waals surface area contributed by atoms with Gasteiger partial charge in [0.15, 0.2) is 0 Å². The number of unbranched alkanes of at least 4 members (excludes halogenated alkanes) is 17. The van der Waals surface area contributed by atoms with Crippen LogP contribution in [0.2, 0.25) is 0 Å². The van der Waals surface area contributed by atoms with E-state index in [0.717, 1.165) is 32.1 Å². The van der Waals surface area contributed by atoms with Crippen molar-refractivity contribution in [3.63, 3.8) is 0 Å². The summed E-state index contributed by atoms with van der Waals surface area (Å²) in [4.78, 5) is 11.0. The molecule has 188 valence electrons. The van der Waals surface area contributed by atoms with Gasteiger partial charge in [-0.3, -0.25) is 4.79 Å². The van der Waals surface area contributed by atoms with Crippen LogP contribution in [0.25, 0.3) is 0 Å². The van der Waals surface area contributed by atoms with Gasteiger partial charge in [0, 0.05) is 6.42 Å². The normalized spacial score (nSPS) is 12.7. The summed E-state index contributed by atoms with van der Waals surface area (Å²) in [5.41, 5.74) is 0. The van der Waals surface area contributed by atoms with Gasteiger partial charge in [0.25, 0.3) is 0 Å². The third-order valence-corrected chi connectivity index (χ3v) is 6.16. The van der Waals surface area contributed by atoms with Crippen LogP contribution in [0, 0.1) is 0 Å². The number of allylic oxidation sites excluding steroid dienone is 3. The number of aliphatic hydroxyl groups is 1. The Morgan fingerprint density at radius 3 is 1.78 bits per heavy atom. The summed E-state index contributed by atoms with van der Waals surface area (Å²) >= 11 is 0. The van der Waals surface area contributed by atoms with Crippen molar-refractivity contribution in [2.75, 3.05) is 7.11 Å². The van der Waals surface area contributed by atoms with Crippen LogP contribution in [-0.2, 0) is 9.53 Å². The molecule has 0 unspecified atom stereocenters. The number of esters is 1. The molecular weight excluding hydrogens is 396 g/mol. The van der Waals surface area contributed by atoms with Crippen molar-refractivity contribution in [2.45, 2.75) is 148 Å². The monoisotopic (exact) mass is 450 g/mol. The summed E-state index contributed by atoms with van der Waals surface area (Å²) in [7, 11) is 1.45. The summed E-state index contributed by atoms with van der Waals surface area (Å²) in [6.07, 6.45) is 33.7. The maximum absolute atomic E-state index is 11.0. The number of carbonyl (C=O) groups excluding carboxylic acids is 1. The summed E-state index contributed by atoms with van der Waals surface area (Å²) < 4.78 is 4.64. The minimum atomic E-state index is -0.304. The summed E-state index contributed by atoms with van der Waals surface area (Å²) in [6, 6.07) is 0. The molecule has 1 atom stereocenters. The summed E-state index contributed by atoms with van der Waals surface area (Å²) in [6.45, 7) is 2.28. The van der Waals surface area contributed by atoms with E-state index in [9.17, 15) is 9.90 Å². The molecule has 0 rings (SSSR count). The molecule has 0 aliphatic rings. The molecule has 0 radical (unpaired) electrons. The average molecular weight is 451 g/mol. The van der Waals surface area contributed by atoms with E-state index in [0.29, 0.717) is 6.42 Å². The highest BCUT2D eigenvalue weighted by Crippen LogP contribution is 2.13. The second kappa shape index (κ2) is 26.2. The third-order valence-electron chi connectivity index (χ3n) is 6.16. The first-order valence-electron chi connectivity index (χ1n) is 13.8. The second-order valence-corrected chi connectivity index (χ2v) is 9.29. The number of aliphatic hydroxyl groups excluding tert-OH is 1. The molecular formula is C29H54O3. The molecule has 32 heavy (non-hydrogen) atoms. The van der Waals surface area contributed by atoms with Gasteiger partial charge in [-0.2, -0.15) is 0 Å². The fraction of sp³-hybridized carbons (Fsp3) is 0.828. The lowest BCUT2D eigenvalue weighted by molar-refractivity contribution is -0.140. The first kappa shape index (κ1) is 30.9. The Hall–Kier alpha value is -1.09. The quantitative estimate of drug-likeness (QED) is 0.0907. The average Bonchev–Trinajstić information content (AvgIpc) is 2.80. The largest absolute Gasteiger partial charge is 0.469 e. The Morgan fingerprint density at radius 2 is 1.22 bits per heavy atom. The number of methoxy groups -OCH3 is 1. The van der Waals surface area contributed by atoms with Crippen molar-refractivity contribution < 1.29 is 14.6 Å². The van der Waals surface area contributed by atoms with E-state index in [1.807, 2.05) is 12.2 Å². The number of hydrogen-bond acceptors (Lipinski definition) is 3. The third kappa shape index (κ3) is 25.2. The van der Waals surface area contributed by atoms with Gasteiger partial charge in [-0.25, -0.2) is 0 Å². The van der Waals surface area contributed by atoms with Crippen LogP contribution >= 0.6 is 0 Å². The molecule has 0 saturated heterocycles. The van der Waals surface area contributed by atoms with E-state index in [2.05, 4.69) is 23.8 Å². The van der Waals surface area contributed by atoms with Crippen LogP contribution in [-0.4, -0.2) is 24.3 Å². The summed E-state index contributed by atoms with van der Waals surface area (Å²) in [5, 5.41) is 10.1. The van der Waals surface area contributed by atoms with E-state index in [1.165, 1.54) is 103 Å². The molecule has 0 saturated carbocycles. The summed E-state index contributed by atoms with van der Waals surface area (Å²) in [5.74, 6) is -0.101. The van der Waals surface area contributed by atoms with Gasteiger partial charge in [0.2, 0.25) is 0 Å². The number of hydrogen-bond donors (Lipinski definition) is 1. The highest BCUT2D eigenvalue weighted by atomic mass is 16.5. The molecule has 0 amide bonds. The zero-order valence-corrected chi connectivity index (χ0v) is 21.5. The number of ether oxygens (including phenoxy) is 1. The Kier molecular flexibility index (Phi) is 25.3. The first-order chi connectivity index (χ1) is 15.7. The lowest BCUT2D eigenvalue weighted by Crippen LogP contribution is -2.01. The molecule has 0 aliphatic carbocycles. The minimum absolute atomic E-state index is 0.101. The predicted octanol–water partition coefficient (Wildman–Crippen LogP) is 8.84. The SMILES string of the molecule is CCCCCCCCCCCCCCC[C@H](O)/C=C/C=C/CCCCCCCC(=O)OC. The molecule has 0 spiro atoms. The maximum Gasteiger partial charge on any atom is 0.305 e. The topological polar surface area (TPSA) is 46.5 Å². The lowest BCUT2D eigenvalue weighted by atomic mass is 10.0. The van der Waals surface area contributed by atoms with Crippen LogP contribution in [0.1, 0.15) is 142 Å². The molecule has 0 aromatic rings. The van der Waals surface area contributed by atoms with Gasteiger partial charge < -0.3 is 9.84 Å². The fourth-order valence-corrected chi connectivity index (χ4v) is 4.00. The van der Waals surface area contributed by atoms with E-state index < -0.39 is 0 Å². The van der Waals surface area contributed by atoms with Gasteiger partial charge >= 0.3 is 5.97 Å². The van der Waals surface area contributed by atoms with Crippen molar-refractivity contribution in [1.29, 1.82) is 0 Å². The molecule has 0 aromatic heterocycles. The molecule has 0 fully saturated rings. The zero-order chi connectivity index (χ0) is 23.5. The Bertz CT molecular complexity index is 442. The van der Waals surface area contributed by atoms with Crippen LogP contribution in [0.3, 0.4) is 0 Å². The van der Waals surface area contributed by atoms with Gasteiger partial charge in [0.1, 0.15) is 0 Å². The van der Waals surface area contributed by atoms with E-state index >= 15 is 0 Å². The minimum Gasteiger partial charge on any atom is -0.469 e.